The SMILES string of the molecule is N#Cc1c(NC(=O)C=Cc2ccco2)sc2c1CCC(COC(=O)NCc1ccccn1)C2. The van der Waals surface area contributed by atoms with Crippen LogP contribution in [0, 0.1) is 17.2 Å². The standard InChI is InChI=1S/C24H22N4O4S/c25-13-20-19-8-6-16(15-32-24(30)27-14-17-4-1-2-10-26-17)12-21(19)33-23(20)28-22(29)9-7-18-5-3-11-31-18/h1-5,7,9-11,16H,6,8,12,14-15H2,(H,27,30)(H,28,29). The van der Waals surface area contributed by atoms with Gasteiger partial charge in [0.05, 0.1) is 30.7 Å². The van der Waals surface area contributed by atoms with Crippen molar-refractivity contribution in [1.82, 2.24) is 10.3 Å². The third-order valence-corrected chi connectivity index (χ3v) is 6.42. The number of nitrogens with one attached hydrogen (secondary N) is 2. The van der Waals surface area contributed by atoms with Crippen LogP contribution in [0.2, 0.25) is 0 Å². The summed E-state index contributed by atoms with van der Waals surface area (Å²) in [6, 6.07) is 11.2. The number of carbonyl (C=O) groups is 2. The van der Waals surface area contributed by atoms with Gasteiger partial charge in [-0.2, -0.15) is 5.26 Å². The maximum absolute atomic E-state index is 12.3. The molecule has 0 spiro atoms. The Morgan fingerprint density at radius 1 is 1.33 bits per heavy atom. The fraction of sp³-hybridized carbons (Fsp3) is 0.250. The Labute approximate surface area is 194 Å². The Kier molecular flexibility index (Phi) is 7.17. The Balaban J connectivity index is 1.31. The first-order chi connectivity index (χ1) is 16.1. The van der Waals surface area contributed by atoms with Crippen molar-refractivity contribution in [2.24, 2.45) is 5.92 Å². The lowest BCUT2D eigenvalue weighted by molar-refractivity contribution is -0.111. The number of anilines is 1. The Morgan fingerprint density at radius 2 is 2.24 bits per heavy atom. The van der Waals surface area contributed by atoms with Crippen LogP contribution in [-0.4, -0.2) is 23.6 Å². The summed E-state index contributed by atoms with van der Waals surface area (Å²) in [4.78, 5) is 29.5. The normalized spacial score (nSPS) is 14.9. The molecule has 9 heteroatoms. The molecule has 33 heavy (non-hydrogen) atoms. The van der Waals surface area contributed by atoms with E-state index in [1.54, 1.807) is 24.4 Å². The summed E-state index contributed by atoms with van der Waals surface area (Å²) >= 11 is 1.41. The summed E-state index contributed by atoms with van der Waals surface area (Å²) in [5.74, 6) is 0.402. The molecule has 3 aromatic heterocycles. The lowest BCUT2D eigenvalue weighted by Crippen LogP contribution is -2.28. The first kappa shape index (κ1) is 22.3. The van der Waals surface area contributed by atoms with Crippen LogP contribution in [0.25, 0.3) is 6.08 Å². The van der Waals surface area contributed by atoms with Gasteiger partial charge in [0.2, 0.25) is 5.91 Å². The van der Waals surface area contributed by atoms with Crippen molar-refractivity contribution in [2.75, 3.05) is 11.9 Å². The number of amides is 2. The zero-order valence-corrected chi connectivity index (χ0v) is 18.6. The average Bonchev–Trinajstić information content (AvgIpc) is 3.47. The van der Waals surface area contributed by atoms with Crippen LogP contribution >= 0.6 is 11.3 Å². The fourth-order valence-electron chi connectivity index (χ4n) is 3.61. The number of rotatable bonds is 7. The molecule has 0 saturated heterocycles. The molecular weight excluding hydrogens is 440 g/mol. The lowest BCUT2D eigenvalue weighted by Gasteiger charge is -2.21. The van der Waals surface area contributed by atoms with Crippen LogP contribution in [-0.2, 0) is 28.9 Å². The van der Waals surface area contributed by atoms with Crippen molar-refractivity contribution in [3.05, 3.63) is 76.3 Å². The molecule has 0 aliphatic heterocycles. The molecule has 3 heterocycles. The lowest BCUT2D eigenvalue weighted by atomic mass is 9.88. The molecule has 8 nitrogen and oxygen atoms in total. The number of thiophene rings is 1. The second-order valence-electron chi connectivity index (χ2n) is 7.54. The minimum Gasteiger partial charge on any atom is -0.465 e. The van der Waals surface area contributed by atoms with Crippen molar-refractivity contribution in [2.45, 2.75) is 25.8 Å². The van der Waals surface area contributed by atoms with Gasteiger partial charge >= 0.3 is 6.09 Å². The fourth-order valence-corrected chi connectivity index (χ4v) is 4.93. The predicted octanol–water partition coefficient (Wildman–Crippen LogP) is 4.29. The Morgan fingerprint density at radius 3 is 3.00 bits per heavy atom. The summed E-state index contributed by atoms with van der Waals surface area (Å²) in [5, 5.41) is 15.7. The maximum Gasteiger partial charge on any atom is 0.407 e. The highest BCUT2D eigenvalue weighted by Crippen LogP contribution is 2.39. The highest BCUT2D eigenvalue weighted by atomic mass is 32.1. The number of furan rings is 1. The first-order valence-electron chi connectivity index (χ1n) is 10.5. The summed E-state index contributed by atoms with van der Waals surface area (Å²) in [5.41, 5.74) is 2.25. The molecule has 1 aliphatic carbocycles. The van der Waals surface area contributed by atoms with Crippen LogP contribution in [0.5, 0.6) is 0 Å². The van der Waals surface area contributed by atoms with Crippen molar-refractivity contribution >= 4 is 34.4 Å². The van der Waals surface area contributed by atoms with Gasteiger partial charge in [-0.25, -0.2) is 4.79 Å². The van der Waals surface area contributed by atoms with Crippen LogP contribution in [0.3, 0.4) is 0 Å². The van der Waals surface area contributed by atoms with E-state index in [1.165, 1.54) is 23.7 Å². The Hall–Kier alpha value is -3.90. The van der Waals surface area contributed by atoms with Gasteiger partial charge in [-0.05, 0) is 61.1 Å². The van der Waals surface area contributed by atoms with E-state index in [4.69, 9.17) is 9.15 Å². The molecule has 0 bridgehead atoms. The van der Waals surface area contributed by atoms with Gasteiger partial charge in [-0.3, -0.25) is 9.78 Å². The number of carbonyl (C=O) groups excluding carboxylic acids is 2. The number of fused-ring (bicyclic) bond motifs is 1. The monoisotopic (exact) mass is 462 g/mol. The molecular formula is C24H22N4O4S. The van der Waals surface area contributed by atoms with Crippen molar-refractivity contribution in [3.63, 3.8) is 0 Å². The summed E-state index contributed by atoms with van der Waals surface area (Å²) in [7, 11) is 0. The summed E-state index contributed by atoms with van der Waals surface area (Å²) in [6.45, 7) is 0.600. The molecule has 1 unspecified atom stereocenters. The first-order valence-corrected chi connectivity index (χ1v) is 11.3. The van der Waals surface area contributed by atoms with E-state index in [2.05, 4.69) is 21.7 Å². The zero-order chi connectivity index (χ0) is 23.0. The van der Waals surface area contributed by atoms with Crippen LogP contribution in [0.4, 0.5) is 9.80 Å². The number of nitriles is 1. The summed E-state index contributed by atoms with van der Waals surface area (Å²) in [6.07, 6.45) is 7.87. The van der Waals surface area contributed by atoms with Gasteiger partial charge in [-0.1, -0.05) is 6.07 Å². The van der Waals surface area contributed by atoms with Crippen molar-refractivity contribution < 1.29 is 18.7 Å². The molecule has 168 valence electrons. The van der Waals surface area contributed by atoms with E-state index < -0.39 is 6.09 Å². The quantitative estimate of drug-likeness (QED) is 0.506. The van der Waals surface area contributed by atoms with Gasteiger partial charge in [0, 0.05) is 17.2 Å². The van der Waals surface area contributed by atoms with Gasteiger partial charge in [-0.15, -0.1) is 11.3 Å². The van der Waals surface area contributed by atoms with Crippen molar-refractivity contribution in [1.29, 1.82) is 5.26 Å². The number of pyridine rings is 1. The smallest absolute Gasteiger partial charge is 0.407 e. The van der Waals surface area contributed by atoms with E-state index in [9.17, 15) is 14.9 Å². The number of ether oxygens (including phenoxy) is 1. The highest BCUT2D eigenvalue weighted by molar-refractivity contribution is 7.16. The zero-order valence-electron chi connectivity index (χ0n) is 17.7. The molecule has 4 rings (SSSR count). The molecule has 2 amide bonds. The largest absolute Gasteiger partial charge is 0.465 e. The topological polar surface area (TPSA) is 117 Å². The molecule has 3 aromatic rings. The van der Waals surface area contributed by atoms with E-state index in [0.29, 0.717) is 42.3 Å². The minimum atomic E-state index is -0.480. The molecule has 2 N–H and O–H groups in total. The van der Waals surface area contributed by atoms with E-state index in [0.717, 1.165) is 22.6 Å². The van der Waals surface area contributed by atoms with Gasteiger partial charge in [0.1, 0.15) is 16.8 Å². The molecule has 1 aliphatic rings. The number of alkyl carbamates (subject to hydrolysis) is 1. The van der Waals surface area contributed by atoms with E-state index in [-0.39, 0.29) is 11.8 Å². The van der Waals surface area contributed by atoms with Crippen molar-refractivity contribution in [3.8, 4) is 6.07 Å². The maximum atomic E-state index is 12.3. The third kappa shape index (κ3) is 5.87. The second kappa shape index (κ2) is 10.6. The van der Waals surface area contributed by atoms with Crippen LogP contribution in [0.15, 0.2) is 53.3 Å². The van der Waals surface area contributed by atoms with Crippen LogP contribution < -0.4 is 10.6 Å². The Bertz CT molecular complexity index is 1180. The number of nitrogens with zero attached hydrogens (tertiary/aromatic N) is 2. The molecule has 0 aromatic carbocycles. The molecule has 0 fully saturated rings. The van der Waals surface area contributed by atoms with Gasteiger partial charge < -0.3 is 19.8 Å². The van der Waals surface area contributed by atoms with Crippen LogP contribution in [0.1, 0.15) is 33.9 Å². The van der Waals surface area contributed by atoms with Gasteiger partial charge in [0.15, 0.2) is 0 Å². The average molecular weight is 463 g/mol. The van der Waals surface area contributed by atoms with Gasteiger partial charge in [0.25, 0.3) is 0 Å². The predicted molar refractivity (Wildman–Crippen MR) is 123 cm³/mol. The number of hydrogen-bond acceptors (Lipinski definition) is 7. The second-order valence-corrected chi connectivity index (χ2v) is 8.64. The third-order valence-electron chi connectivity index (χ3n) is 5.25. The molecule has 0 radical (unpaired) electrons. The highest BCUT2D eigenvalue weighted by Gasteiger charge is 2.27. The number of aromatic nitrogens is 1. The molecule has 0 saturated carbocycles. The van der Waals surface area contributed by atoms with E-state index >= 15 is 0 Å². The van der Waals surface area contributed by atoms with E-state index in [1.807, 2.05) is 18.2 Å². The minimum absolute atomic E-state index is 0.158. The summed E-state index contributed by atoms with van der Waals surface area (Å²) < 4.78 is 10.6. The number of hydrogen-bond donors (Lipinski definition) is 2. The molecule has 1 atom stereocenters.